The fourth-order valence-electron chi connectivity index (χ4n) is 12.3. The van der Waals surface area contributed by atoms with Crippen LogP contribution in [-0.4, -0.2) is 78.5 Å². The molecule has 7 fully saturated rings. The van der Waals surface area contributed by atoms with Crippen LogP contribution in [0.1, 0.15) is 106 Å². The van der Waals surface area contributed by atoms with Crippen molar-refractivity contribution < 1.29 is 34.0 Å². The Labute approximate surface area is 263 Å². The molecule has 9 nitrogen and oxygen atoms in total. The summed E-state index contributed by atoms with van der Waals surface area (Å²) in [5, 5.41) is 24.1. The number of aliphatic hydroxyl groups excluding tert-OH is 1. The van der Waals surface area contributed by atoms with Crippen molar-refractivity contribution >= 4 is 12.1 Å². The van der Waals surface area contributed by atoms with Crippen LogP contribution < -0.4 is 10.6 Å². The van der Waals surface area contributed by atoms with Crippen LogP contribution >= 0.6 is 0 Å². The standard InChI is InChI=1S/C34H54N2O6.CH4O/c1-19(37)40-28(31(4,5)39)24-9-7-22-25(41-24)15-23-21-8-10-26-30(2,3)27(42-29(38)36-20-16-35-17-20)11-12-34(26)18-33(21,34)14-13-32(22,23)6;1-2/h20-28,35,39H,7-18H2,1-6H3,(H,36,38);2H,1H3/t21?,22?,23?,24?,25?,26?,27-,28-,32?,33-,34?;/m0./s1. The Kier molecular flexibility index (Phi) is 8.20. The van der Waals surface area contributed by atoms with Crippen molar-refractivity contribution in [1.82, 2.24) is 10.6 Å². The van der Waals surface area contributed by atoms with Crippen LogP contribution in [0.15, 0.2) is 0 Å². The number of aliphatic hydroxyl groups is 2. The summed E-state index contributed by atoms with van der Waals surface area (Å²) < 4.78 is 18.6. The Morgan fingerprint density at radius 2 is 1.66 bits per heavy atom. The quantitative estimate of drug-likeness (QED) is 0.330. The highest BCUT2D eigenvalue weighted by molar-refractivity contribution is 5.68. The molecule has 2 saturated heterocycles. The first-order chi connectivity index (χ1) is 20.7. The smallest absolute Gasteiger partial charge is 0.407 e. The molecule has 7 aliphatic rings. The van der Waals surface area contributed by atoms with Gasteiger partial charge in [0, 0.05) is 32.5 Å². The van der Waals surface area contributed by atoms with Crippen LogP contribution in [0.3, 0.4) is 0 Å². The number of carbonyl (C=O) groups excluding carboxylic acids is 2. The number of nitrogens with one attached hydrogen (secondary N) is 2. The lowest BCUT2D eigenvalue weighted by Crippen LogP contribution is -2.59. The first-order valence-corrected chi connectivity index (χ1v) is 17.4. The summed E-state index contributed by atoms with van der Waals surface area (Å²) in [6, 6.07) is 0.200. The molecule has 44 heavy (non-hydrogen) atoms. The summed E-state index contributed by atoms with van der Waals surface area (Å²) in [6.07, 6.45) is 10.6. The number of carbonyl (C=O) groups is 2. The second kappa shape index (κ2) is 11.1. The van der Waals surface area contributed by atoms with E-state index in [1.54, 1.807) is 13.8 Å². The van der Waals surface area contributed by atoms with Gasteiger partial charge in [-0.15, -0.1) is 0 Å². The van der Waals surface area contributed by atoms with Crippen molar-refractivity contribution in [2.24, 2.45) is 45.3 Å². The van der Waals surface area contributed by atoms with Crippen molar-refractivity contribution in [3.8, 4) is 0 Å². The lowest BCUT2D eigenvalue weighted by molar-refractivity contribution is -0.200. The highest BCUT2D eigenvalue weighted by atomic mass is 16.6. The highest BCUT2D eigenvalue weighted by Crippen LogP contribution is 2.87. The van der Waals surface area contributed by atoms with E-state index in [1.807, 2.05) is 0 Å². The molecular weight excluding hydrogens is 560 g/mol. The number of fused-ring (bicyclic) bond motifs is 4. The average Bonchev–Trinajstić information content (AvgIpc) is 3.51. The Morgan fingerprint density at radius 1 is 0.955 bits per heavy atom. The summed E-state index contributed by atoms with van der Waals surface area (Å²) in [6.45, 7) is 13.8. The summed E-state index contributed by atoms with van der Waals surface area (Å²) in [4.78, 5) is 24.6. The molecule has 5 saturated carbocycles. The molecule has 9 heteroatoms. The zero-order valence-corrected chi connectivity index (χ0v) is 28.1. The predicted octanol–water partition coefficient (Wildman–Crippen LogP) is 4.57. The molecule has 4 N–H and O–H groups in total. The molecule has 2 aliphatic heterocycles. The molecule has 0 aromatic heterocycles. The van der Waals surface area contributed by atoms with Crippen molar-refractivity contribution in [3.05, 3.63) is 0 Å². The minimum absolute atomic E-state index is 0.0223. The topological polar surface area (TPSA) is 126 Å². The molecule has 2 spiro atoms. The fourth-order valence-corrected chi connectivity index (χ4v) is 12.3. The lowest BCUT2D eigenvalue weighted by atomic mass is 9.46. The van der Waals surface area contributed by atoms with Crippen LogP contribution in [0.25, 0.3) is 0 Å². The second-order valence-electron chi connectivity index (χ2n) is 16.9. The molecule has 8 unspecified atom stereocenters. The molecule has 2 heterocycles. The lowest BCUT2D eigenvalue weighted by Gasteiger charge is -2.59. The van der Waals surface area contributed by atoms with E-state index >= 15 is 0 Å². The van der Waals surface area contributed by atoms with Gasteiger partial charge in [-0.2, -0.15) is 0 Å². The summed E-state index contributed by atoms with van der Waals surface area (Å²) in [5.41, 5.74) is -0.0503. The van der Waals surface area contributed by atoms with E-state index < -0.39 is 11.7 Å². The molecule has 0 aromatic rings. The number of hydrogen-bond acceptors (Lipinski definition) is 8. The number of alkyl carbamates (subject to hydrolysis) is 1. The van der Waals surface area contributed by atoms with Crippen LogP contribution in [0.2, 0.25) is 0 Å². The molecule has 0 bridgehead atoms. The molecule has 11 atom stereocenters. The number of ether oxygens (including phenoxy) is 3. The normalized spacial score (nSPS) is 45.7. The van der Waals surface area contributed by atoms with Gasteiger partial charge in [-0.1, -0.05) is 20.8 Å². The van der Waals surface area contributed by atoms with E-state index in [0.717, 1.165) is 51.8 Å². The molecule has 5 aliphatic carbocycles. The Hall–Kier alpha value is -1.42. The largest absolute Gasteiger partial charge is 0.457 e. The molecule has 7 rings (SSSR count). The van der Waals surface area contributed by atoms with Crippen molar-refractivity contribution in [1.29, 1.82) is 0 Å². The van der Waals surface area contributed by atoms with E-state index in [9.17, 15) is 14.7 Å². The SMILES string of the molecule is CC(=O)O[C@@H](C1CCC2C(CC3C4CCC5C(C)(C)[C@@H](OC(=O)NC6CNC6)CCC56C[C@@]46CCC23C)O1)C(C)(C)O.CO. The first-order valence-electron chi connectivity index (χ1n) is 17.4. The van der Waals surface area contributed by atoms with Crippen molar-refractivity contribution in [3.63, 3.8) is 0 Å². The third-order valence-corrected chi connectivity index (χ3v) is 14.2. The number of amides is 1. The molecule has 0 aromatic carbocycles. The van der Waals surface area contributed by atoms with E-state index in [4.69, 9.17) is 19.3 Å². The number of hydrogen-bond donors (Lipinski definition) is 4. The van der Waals surface area contributed by atoms with Gasteiger partial charge in [0.25, 0.3) is 0 Å². The predicted molar refractivity (Wildman–Crippen MR) is 166 cm³/mol. The Morgan fingerprint density at radius 3 is 2.30 bits per heavy atom. The van der Waals surface area contributed by atoms with Crippen molar-refractivity contribution in [2.75, 3.05) is 20.2 Å². The van der Waals surface area contributed by atoms with Gasteiger partial charge >= 0.3 is 12.1 Å². The van der Waals surface area contributed by atoms with Gasteiger partial charge in [-0.05, 0) is 118 Å². The second-order valence-corrected chi connectivity index (χ2v) is 16.9. The third-order valence-electron chi connectivity index (χ3n) is 14.2. The van der Waals surface area contributed by atoms with Crippen LogP contribution in [0, 0.1) is 45.3 Å². The highest BCUT2D eigenvalue weighted by Gasteiger charge is 2.81. The van der Waals surface area contributed by atoms with Crippen molar-refractivity contribution in [2.45, 2.75) is 142 Å². The Balaban J connectivity index is 0.00000168. The zero-order valence-electron chi connectivity index (χ0n) is 28.1. The van der Waals surface area contributed by atoms with Gasteiger partial charge in [-0.25, -0.2) is 4.79 Å². The van der Waals surface area contributed by atoms with Gasteiger partial charge in [0.1, 0.15) is 6.10 Å². The third kappa shape index (κ3) is 4.84. The van der Waals surface area contributed by atoms with Gasteiger partial charge in [0.15, 0.2) is 6.10 Å². The molecule has 250 valence electrons. The van der Waals surface area contributed by atoms with Crippen LogP contribution in [-0.2, 0) is 19.0 Å². The Bertz CT molecular complexity index is 1120. The van der Waals surface area contributed by atoms with Gasteiger partial charge in [0.05, 0.1) is 23.9 Å². The minimum Gasteiger partial charge on any atom is -0.457 e. The average molecular weight is 619 g/mol. The number of rotatable bonds is 5. The first kappa shape index (κ1) is 32.5. The van der Waals surface area contributed by atoms with Crippen LogP contribution in [0.5, 0.6) is 0 Å². The van der Waals surface area contributed by atoms with E-state index in [0.29, 0.717) is 28.6 Å². The fraction of sp³-hybridized carbons (Fsp3) is 0.943. The van der Waals surface area contributed by atoms with Gasteiger partial charge in [0.2, 0.25) is 0 Å². The van der Waals surface area contributed by atoms with Gasteiger partial charge < -0.3 is 35.1 Å². The monoisotopic (exact) mass is 618 g/mol. The van der Waals surface area contributed by atoms with Gasteiger partial charge in [-0.3, -0.25) is 4.79 Å². The van der Waals surface area contributed by atoms with E-state index in [1.165, 1.54) is 45.4 Å². The molecule has 0 radical (unpaired) electrons. The zero-order chi connectivity index (χ0) is 31.9. The molecule has 1 amide bonds. The molecular formula is C35H58N2O7. The minimum atomic E-state index is -1.15. The maximum Gasteiger partial charge on any atom is 0.407 e. The van der Waals surface area contributed by atoms with Crippen LogP contribution in [0.4, 0.5) is 4.79 Å². The maximum absolute atomic E-state index is 12.7. The summed E-state index contributed by atoms with van der Waals surface area (Å²) in [5.74, 6) is 2.17. The van der Waals surface area contributed by atoms with E-state index in [2.05, 4.69) is 31.4 Å². The maximum atomic E-state index is 12.7. The van der Waals surface area contributed by atoms with E-state index in [-0.39, 0.29) is 47.2 Å². The summed E-state index contributed by atoms with van der Waals surface area (Å²) in [7, 11) is 1.00. The summed E-state index contributed by atoms with van der Waals surface area (Å²) >= 11 is 0. The number of esters is 1.